The Kier molecular flexibility index (Phi) is 6.79. The van der Waals surface area contributed by atoms with E-state index in [2.05, 4.69) is 0 Å². The van der Waals surface area contributed by atoms with Crippen molar-refractivity contribution in [1.82, 2.24) is 0 Å². The maximum atomic E-state index is 14.2. The molecule has 0 saturated heterocycles. The van der Waals surface area contributed by atoms with Gasteiger partial charge in [-0.3, -0.25) is 8.61 Å². The predicted molar refractivity (Wildman–Crippen MR) is 151 cm³/mol. The summed E-state index contributed by atoms with van der Waals surface area (Å²) in [4.78, 5) is 0.391. The van der Waals surface area contributed by atoms with Gasteiger partial charge in [-0.1, -0.05) is 71.8 Å². The third-order valence-corrected chi connectivity index (χ3v) is 10.7. The monoisotopic (exact) mass is 546 g/mol. The quantitative estimate of drug-likeness (QED) is 0.287. The van der Waals surface area contributed by atoms with Crippen molar-refractivity contribution < 1.29 is 16.8 Å². The number of aryl methyl sites for hydroxylation is 2. The van der Waals surface area contributed by atoms with E-state index >= 15 is 0 Å². The summed E-state index contributed by atoms with van der Waals surface area (Å²) >= 11 is 0. The maximum Gasteiger partial charge on any atom is 0.264 e. The summed E-state index contributed by atoms with van der Waals surface area (Å²) in [6.45, 7) is 5.65. The molecule has 0 aliphatic carbocycles. The van der Waals surface area contributed by atoms with E-state index in [-0.39, 0.29) is 16.2 Å². The molecule has 4 aromatic rings. The van der Waals surface area contributed by atoms with E-state index in [9.17, 15) is 16.8 Å². The zero-order valence-electron chi connectivity index (χ0n) is 21.5. The van der Waals surface area contributed by atoms with E-state index < -0.39 is 32.1 Å². The standard InChI is InChI=1S/C30H30N2O4S2/c1-22-13-17-26(18-14-22)37(33,34)31-24(3)21-30(28-11-7-8-12-29(28)31)32(25-9-5-4-6-10-25)38(35,36)27-19-15-23(2)16-20-27/h4-20,24,30H,21H2,1-3H3/t24-,30-/m1/s1. The second-order valence-corrected chi connectivity index (χ2v) is 13.4. The molecule has 8 heteroatoms. The lowest BCUT2D eigenvalue weighted by Crippen LogP contribution is -2.47. The summed E-state index contributed by atoms with van der Waals surface area (Å²) in [5.41, 5.74) is 3.58. The maximum absolute atomic E-state index is 14.2. The third kappa shape index (κ3) is 4.59. The summed E-state index contributed by atoms with van der Waals surface area (Å²) in [5.74, 6) is 0. The van der Waals surface area contributed by atoms with Gasteiger partial charge in [0, 0.05) is 11.6 Å². The number of sulfonamides is 2. The average Bonchev–Trinajstić information content (AvgIpc) is 2.89. The molecule has 1 aliphatic rings. The van der Waals surface area contributed by atoms with Crippen LogP contribution in [0.15, 0.2) is 113 Å². The van der Waals surface area contributed by atoms with Crippen LogP contribution >= 0.6 is 0 Å². The lowest BCUT2D eigenvalue weighted by molar-refractivity contribution is 0.511. The first-order chi connectivity index (χ1) is 18.1. The van der Waals surface area contributed by atoms with E-state index in [0.29, 0.717) is 16.9 Å². The van der Waals surface area contributed by atoms with E-state index in [4.69, 9.17) is 0 Å². The van der Waals surface area contributed by atoms with Gasteiger partial charge in [-0.15, -0.1) is 0 Å². The Morgan fingerprint density at radius 3 is 1.82 bits per heavy atom. The van der Waals surface area contributed by atoms with Crippen molar-refractivity contribution in [3.05, 3.63) is 120 Å². The molecule has 196 valence electrons. The minimum Gasteiger partial charge on any atom is -0.263 e. The fourth-order valence-corrected chi connectivity index (χ4v) is 8.38. The molecular formula is C30H30N2O4S2. The van der Waals surface area contributed by atoms with Gasteiger partial charge in [-0.2, -0.15) is 0 Å². The summed E-state index contributed by atoms with van der Waals surface area (Å²) in [7, 11) is -7.86. The number of benzene rings is 4. The van der Waals surface area contributed by atoms with Gasteiger partial charge in [0.15, 0.2) is 0 Å². The minimum atomic E-state index is -3.98. The first-order valence-corrected chi connectivity index (χ1v) is 15.3. The van der Waals surface area contributed by atoms with Crippen molar-refractivity contribution in [2.24, 2.45) is 0 Å². The van der Waals surface area contributed by atoms with E-state index in [1.807, 2.05) is 39.0 Å². The summed E-state index contributed by atoms with van der Waals surface area (Å²) in [5, 5.41) is 0. The number of nitrogens with zero attached hydrogens (tertiary/aromatic N) is 2. The minimum absolute atomic E-state index is 0.187. The number of para-hydroxylation sites is 2. The Morgan fingerprint density at radius 1 is 0.684 bits per heavy atom. The Labute approximate surface area is 225 Å². The van der Waals surface area contributed by atoms with Crippen LogP contribution in [-0.2, 0) is 20.0 Å². The molecule has 1 aliphatic heterocycles. The fraction of sp³-hybridized carbons (Fsp3) is 0.200. The van der Waals surface area contributed by atoms with Crippen LogP contribution in [0.25, 0.3) is 0 Å². The molecule has 0 fully saturated rings. The van der Waals surface area contributed by atoms with E-state index in [1.54, 1.807) is 84.9 Å². The molecule has 4 aromatic carbocycles. The molecule has 38 heavy (non-hydrogen) atoms. The SMILES string of the molecule is Cc1ccc(S(=O)(=O)N2c3ccccc3[C@H](N(c3ccccc3)S(=O)(=O)c3ccc(C)cc3)C[C@H]2C)cc1. The second kappa shape index (κ2) is 9.93. The van der Waals surface area contributed by atoms with Crippen molar-refractivity contribution in [2.75, 3.05) is 8.61 Å². The van der Waals surface area contributed by atoms with Gasteiger partial charge in [0.2, 0.25) is 0 Å². The van der Waals surface area contributed by atoms with Crippen molar-refractivity contribution >= 4 is 31.4 Å². The molecule has 0 radical (unpaired) electrons. The van der Waals surface area contributed by atoms with Crippen LogP contribution in [0.5, 0.6) is 0 Å². The molecular weight excluding hydrogens is 516 g/mol. The van der Waals surface area contributed by atoms with Gasteiger partial charge in [0.1, 0.15) is 0 Å². The van der Waals surface area contributed by atoms with Gasteiger partial charge in [0.05, 0.1) is 27.2 Å². The highest BCUT2D eigenvalue weighted by molar-refractivity contribution is 7.93. The van der Waals surface area contributed by atoms with Gasteiger partial charge < -0.3 is 0 Å². The molecule has 0 bridgehead atoms. The summed E-state index contributed by atoms with van der Waals surface area (Å²) < 4.78 is 59.0. The molecule has 0 amide bonds. The fourth-order valence-electron chi connectivity index (χ4n) is 5.05. The number of hydrogen-bond acceptors (Lipinski definition) is 4. The first kappa shape index (κ1) is 26.0. The van der Waals surface area contributed by atoms with Crippen LogP contribution < -0.4 is 8.61 Å². The van der Waals surface area contributed by atoms with Crippen molar-refractivity contribution in [2.45, 2.75) is 49.1 Å². The third-order valence-electron chi connectivity index (χ3n) is 6.95. The van der Waals surface area contributed by atoms with Crippen molar-refractivity contribution in [3.63, 3.8) is 0 Å². The molecule has 0 saturated carbocycles. The van der Waals surface area contributed by atoms with Crippen molar-refractivity contribution in [3.8, 4) is 0 Å². The van der Waals surface area contributed by atoms with Crippen LogP contribution in [0.2, 0.25) is 0 Å². The van der Waals surface area contributed by atoms with Crippen LogP contribution in [-0.4, -0.2) is 22.9 Å². The molecule has 1 heterocycles. The number of anilines is 2. The van der Waals surface area contributed by atoms with Crippen LogP contribution in [0.4, 0.5) is 11.4 Å². The largest absolute Gasteiger partial charge is 0.264 e. The number of hydrogen-bond donors (Lipinski definition) is 0. The Hall–Kier alpha value is -3.62. The highest BCUT2D eigenvalue weighted by atomic mass is 32.2. The zero-order chi connectivity index (χ0) is 27.1. The average molecular weight is 547 g/mol. The number of fused-ring (bicyclic) bond motifs is 1. The normalized spacial score (nSPS) is 17.6. The molecule has 5 rings (SSSR count). The lowest BCUT2D eigenvalue weighted by atomic mass is 9.93. The predicted octanol–water partition coefficient (Wildman–Crippen LogP) is 6.23. The highest BCUT2D eigenvalue weighted by Crippen LogP contribution is 2.46. The number of rotatable bonds is 6. The van der Waals surface area contributed by atoms with Gasteiger partial charge in [-0.05, 0) is 69.7 Å². The smallest absolute Gasteiger partial charge is 0.263 e. The van der Waals surface area contributed by atoms with Crippen molar-refractivity contribution in [1.29, 1.82) is 0 Å². The molecule has 6 nitrogen and oxygen atoms in total. The van der Waals surface area contributed by atoms with Gasteiger partial charge in [-0.25, -0.2) is 16.8 Å². The Balaban J connectivity index is 1.68. The molecule has 0 spiro atoms. The first-order valence-electron chi connectivity index (χ1n) is 12.5. The molecule has 0 unspecified atom stereocenters. The Morgan fingerprint density at radius 2 is 1.21 bits per heavy atom. The van der Waals surface area contributed by atoms with E-state index in [0.717, 1.165) is 11.1 Å². The molecule has 0 aromatic heterocycles. The van der Waals surface area contributed by atoms with Crippen LogP contribution in [0, 0.1) is 13.8 Å². The van der Waals surface area contributed by atoms with Crippen LogP contribution in [0.3, 0.4) is 0 Å². The summed E-state index contributed by atoms with van der Waals surface area (Å²) in [6, 6.07) is 28.7. The lowest BCUT2D eigenvalue weighted by Gasteiger charge is -2.43. The molecule has 0 N–H and O–H groups in total. The van der Waals surface area contributed by atoms with Gasteiger partial charge in [0.25, 0.3) is 20.0 Å². The highest BCUT2D eigenvalue weighted by Gasteiger charge is 2.43. The molecule has 2 atom stereocenters. The van der Waals surface area contributed by atoms with E-state index in [1.165, 1.54) is 8.61 Å². The summed E-state index contributed by atoms with van der Waals surface area (Å²) in [6.07, 6.45) is 0.280. The second-order valence-electron chi connectivity index (χ2n) is 9.72. The van der Waals surface area contributed by atoms with Crippen LogP contribution in [0.1, 0.15) is 36.1 Å². The topological polar surface area (TPSA) is 74.8 Å². The zero-order valence-corrected chi connectivity index (χ0v) is 23.2. The van der Waals surface area contributed by atoms with Gasteiger partial charge >= 0.3 is 0 Å². The Bertz CT molecular complexity index is 1650.